The summed E-state index contributed by atoms with van der Waals surface area (Å²) in [7, 11) is 0. The number of carbonyl (C=O) groups is 1. The molecule has 1 amide bonds. The summed E-state index contributed by atoms with van der Waals surface area (Å²) < 4.78 is 5.53. The highest BCUT2D eigenvalue weighted by atomic mass is 16.6. The maximum Gasteiger partial charge on any atom is 0.410 e. The van der Waals surface area contributed by atoms with Gasteiger partial charge in [0.1, 0.15) is 5.60 Å². The van der Waals surface area contributed by atoms with Gasteiger partial charge in [-0.3, -0.25) is 0 Å². The third-order valence-corrected chi connectivity index (χ3v) is 3.80. The predicted molar refractivity (Wildman–Crippen MR) is 72.5 cm³/mol. The van der Waals surface area contributed by atoms with E-state index in [9.17, 15) is 4.79 Å². The van der Waals surface area contributed by atoms with Crippen LogP contribution in [-0.2, 0) is 4.74 Å². The molecule has 0 N–H and O–H groups in total. The highest BCUT2D eigenvalue weighted by Gasteiger charge is 2.36. The van der Waals surface area contributed by atoms with Gasteiger partial charge in [-0.1, -0.05) is 19.3 Å². The molecule has 2 saturated carbocycles. The van der Waals surface area contributed by atoms with Crippen molar-refractivity contribution in [2.45, 2.75) is 77.4 Å². The van der Waals surface area contributed by atoms with Crippen molar-refractivity contribution in [3.8, 4) is 0 Å². The van der Waals surface area contributed by atoms with Crippen molar-refractivity contribution >= 4 is 6.09 Å². The molecule has 0 atom stereocenters. The lowest BCUT2D eigenvalue weighted by Crippen LogP contribution is -2.41. The van der Waals surface area contributed by atoms with Gasteiger partial charge in [0.2, 0.25) is 0 Å². The number of nitrogens with zero attached hydrogens (tertiary/aromatic N) is 1. The minimum Gasteiger partial charge on any atom is -0.444 e. The molecule has 0 aromatic heterocycles. The van der Waals surface area contributed by atoms with Gasteiger partial charge in [0.05, 0.1) is 0 Å². The van der Waals surface area contributed by atoms with Gasteiger partial charge in [0.15, 0.2) is 0 Å². The topological polar surface area (TPSA) is 29.5 Å². The van der Waals surface area contributed by atoms with E-state index in [2.05, 4.69) is 0 Å². The van der Waals surface area contributed by atoms with E-state index in [0.717, 1.165) is 19.4 Å². The van der Waals surface area contributed by atoms with Gasteiger partial charge in [0.25, 0.3) is 0 Å². The number of hydrogen-bond donors (Lipinski definition) is 0. The number of carbonyl (C=O) groups excluding carboxylic acids is 1. The third-order valence-electron chi connectivity index (χ3n) is 3.80. The molecule has 0 bridgehead atoms. The predicted octanol–water partition coefficient (Wildman–Crippen LogP) is 3.97. The van der Waals surface area contributed by atoms with Crippen LogP contribution in [0.4, 0.5) is 4.79 Å². The molecule has 104 valence electrons. The average Bonchev–Trinajstić information content (AvgIpc) is 3.08. The molecule has 0 spiro atoms. The third kappa shape index (κ3) is 4.18. The van der Waals surface area contributed by atoms with Crippen molar-refractivity contribution in [2.24, 2.45) is 5.92 Å². The molecule has 2 rings (SSSR count). The van der Waals surface area contributed by atoms with Gasteiger partial charge in [0, 0.05) is 12.6 Å². The van der Waals surface area contributed by atoms with Gasteiger partial charge in [-0.25, -0.2) is 4.79 Å². The van der Waals surface area contributed by atoms with Crippen LogP contribution in [0, 0.1) is 5.92 Å². The first-order chi connectivity index (χ1) is 8.46. The molecular weight excluding hydrogens is 226 g/mol. The summed E-state index contributed by atoms with van der Waals surface area (Å²) in [5.74, 6) is 0.701. The number of amides is 1. The summed E-state index contributed by atoms with van der Waals surface area (Å²) in [6, 6.07) is 0.460. The van der Waals surface area contributed by atoms with Crippen LogP contribution < -0.4 is 0 Å². The molecule has 0 aromatic carbocycles. The van der Waals surface area contributed by atoms with Gasteiger partial charge in [-0.15, -0.1) is 0 Å². The van der Waals surface area contributed by atoms with E-state index in [1.807, 2.05) is 25.7 Å². The summed E-state index contributed by atoms with van der Waals surface area (Å²) in [5, 5.41) is 0. The molecule has 0 aliphatic heterocycles. The van der Waals surface area contributed by atoms with E-state index < -0.39 is 0 Å². The Bertz CT molecular complexity index is 285. The monoisotopic (exact) mass is 253 g/mol. The Kier molecular flexibility index (Phi) is 4.18. The fourth-order valence-electron chi connectivity index (χ4n) is 2.73. The molecule has 0 unspecified atom stereocenters. The number of ether oxygens (including phenoxy) is 1. The first-order valence-corrected chi connectivity index (χ1v) is 7.45. The molecule has 2 aliphatic carbocycles. The largest absolute Gasteiger partial charge is 0.444 e. The number of rotatable bonds is 3. The number of hydrogen-bond acceptors (Lipinski definition) is 2. The molecule has 0 radical (unpaired) electrons. The van der Waals surface area contributed by atoms with E-state index in [1.165, 1.54) is 32.1 Å². The standard InChI is InChI=1S/C15H27NO2/c1-15(2,3)18-14(17)16(13-9-10-13)11-12-7-5-4-6-8-12/h12-13H,4-11H2,1-3H3. The second-order valence-electron chi connectivity index (χ2n) is 6.87. The van der Waals surface area contributed by atoms with Crippen LogP contribution >= 0.6 is 0 Å². The quantitative estimate of drug-likeness (QED) is 0.761. The molecule has 18 heavy (non-hydrogen) atoms. The van der Waals surface area contributed by atoms with Crippen LogP contribution in [0.1, 0.15) is 65.7 Å². The van der Waals surface area contributed by atoms with Crippen molar-refractivity contribution in [3.05, 3.63) is 0 Å². The Morgan fingerprint density at radius 1 is 1.11 bits per heavy atom. The summed E-state index contributed by atoms with van der Waals surface area (Å²) in [5.41, 5.74) is -0.378. The Balaban J connectivity index is 1.88. The van der Waals surface area contributed by atoms with E-state index >= 15 is 0 Å². The van der Waals surface area contributed by atoms with Crippen LogP contribution in [0.15, 0.2) is 0 Å². The zero-order valence-corrected chi connectivity index (χ0v) is 12.1. The molecule has 3 heteroatoms. The smallest absolute Gasteiger partial charge is 0.410 e. The summed E-state index contributed by atoms with van der Waals surface area (Å²) >= 11 is 0. The maximum absolute atomic E-state index is 12.2. The lowest BCUT2D eigenvalue weighted by atomic mass is 9.89. The Morgan fingerprint density at radius 3 is 2.22 bits per heavy atom. The zero-order valence-electron chi connectivity index (χ0n) is 12.1. The Labute approximate surface area is 111 Å². The summed E-state index contributed by atoms with van der Waals surface area (Å²) in [6.45, 7) is 6.74. The molecule has 2 fully saturated rings. The highest BCUT2D eigenvalue weighted by Crippen LogP contribution is 2.32. The minimum atomic E-state index is -0.378. The fraction of sp³-hybridized carbons (Fsp3) is 0.933. The van der Waals surface area contributed by atoms with Crippen LogP contribution in [0.3, 0.4) is 0 Å². The first-order valence-electron chi connectivity index (χ1n) is 7.45. The fourth-order valence-corrected chi connectivity index (χ4v) is 2.73. The van der Waals surface area contributed by atoms with Gasteiger partial charge in [-0.2, -0.15) is 0 Å². The van der Waals surface area contributed by atoms with Crippen molar-refractivity contribution in [1.82, 2.24) is 4.90 Å². The van der Waals surface area contributed by atoms with Crippen molar-refractivity contribution < 1.29 is 9.53 Å². The molecule has 0 aromatic rings. The molecule has 0 heterocycles. The van der Waals surface area contributed by atoms with Gasteiger partial charge >= 0.3 is 6.09 Å². The molecule has 0 saturated heterocycles. The van der Waals surface area contributed by atoms with Crippen molar-refractivity contribution in [3.63, 3.8) is 0 Å². The second-order valence-corrected chi connectivity index (χ2v) is 6.87. The minimum absolute atomic E-state index is 0.101. The van der Waals surface area contributed by atoms with Crippen molar-refractivity contribution in [2.75, 3.05) is 6.54 Å². The van der Waals surface area contributed by atoms with Crippen LogP contribution in [0.2, 0.25) is 0 Å². The molecule has 2 aliphatic rings. The van der Waals surface area contributed by atoms with E-state index in [1.54, 1.807) is 0 Å². The average molecular weight is 253 g/mol. The van der Waals surface area contributed by atoms with Crippen molar-refractivity contribution in [1.29, 1.82) is 0 Å². The van der Waals surface area contributed by atoms with E-state index in [0.29, 0.717) is 12.0 Å². The van der Waals surface area contributed by atoms with E-state index in [4.69, 9.17) is 4.74 Å². The molecule has 3 nitrogen and oxygen atoms in total. The van der Waals surface area contributed by atoms with Crippen LogP contribution in [0.25, 0.3) is 0 Å². The van der Waals surface area contributed by atoms with Crippen LogP contribution in [0.5, 0.6) is 0 Å². The maximum atomic E-state index is 12.2. The molecular formula is C15H27NO2. The van der Waals surface area contributed by atoms with E-state index in [-0.39, 0.29) is 11.7 Å². The summed E-state index contributed by atoms with van der Waals surface area (Å²) in [4.78, 5) is 14.2. The first kappa shape index (κ1) is 13.7. The van der Waals surface area contributed by atoms with Gasteiger partial charge < -0.3 is 9.64 Å². The zero-order chi connectivity index (χ0) is 13.2. The highest BCUT2D eigenvalue weighted by molar-refractivity contribution is 5.69. The van der Waals surface area contributed by atoms with Gasteiger partial charge in [-0.05, 0) is 52.4 Å². The Hall–Kier alpha value is -0.730. The SMILES string of the molecule is CC(C)(C)OC(=O)N(CC1CCCCC1)C1CC1. The lowest BCUT2D eigenvalue weighted by molar-refractivity contribution is 0.0190. The van der Waals surface area contributed by atoms with Crippen LogP contribution in [-0.4, -0.2) is 29.2 Å². The second kappa shape index (κ2) is 5.50. The lowest BCUT2D eigenvalue weighted by Gasteiger charge is -2.31. The summed E-state index contributed by atoms with van der Waals surface area (Å²) in [6.07, 6.45) is 8.81. The normalized spacial score (nSPS) is 21.7. The Morgan fingerprint density at radius 2 is 1.72 bits per heavy atom.